The highest BCUT2D eigenvalue weighted by molar-refractivity contribution is 6.32. The van der Waals surface area contributed by atoms with Crippen molar-refractivity contribution in [3.05, 3.63) is 29.3 Å². The predicted molar refractivity (Wildman–Crippen MR) is 85.8 cm³/mol. The van der Waals surface area contributed by atoms with Gasteiger partial charge in [-0.25, -0.2) is 9.69 Å². The fourth-order valence-corrected chi connectivity index (χ4v) is 5.03. The molecule has 1 aromatic rings. The molecule has 0 aromatic heterocycles. The Morgan fingerprint density at radius 2 is 1.88 bits per heavy atom. The lowest BCUT2D eigenvalue weighted by Crippen LogP contribution is -2.50. The van der Waals surface area contributed by atoms with Gasteiger partial charge in [0.25, 0.3) is 5.91 Å². The Bertz CT molecular complexity index is 837. The van der Waals surface area contributed by atoms with Crippen molar-refractivity contribution in [3.8, 4) is 6.07 Å². The van der Waals surface area contributed by atoms with E-state index in [9.17, 15) is 22.8 Å². The number of imide groups is 1. The summed E-state index contributed by atoms with van der Waals surface area (Å²) >= 11 is 12.4. The molecule has 3 fully saturated rings. The number of benzene rings is 1. The van der Waals surface area contributed by atoms with Crippen LogP contribution in [0.1, 0.15) is 17.5 Å². The molecular weight excluding hydrogens is 394 g/mol. The number of alkyl halides is 5. The topological polar surface area (TPSA) is 64.4 Å². The third-order valence-corrected chi connectivity index (χ3v) is 6.52. The van der Waals surface area contributed by atoms with Crippen LogP contribution in [0.15, 0.2) is 18.2 Å². The van der Waals surface area contributed by atoms with Gasteiger partial charge >= 0.3 is 12.2 Å². The molecule has 2 saturated heterocycles. The molecule has 5 unspecified atom stereocenters. The third-order valence-electron chi connectivity index (χ3n) is 5.23. The van der Waals surface area contributed by atoms with E-state index in [4.69, 9.17) is 28.5 Å². The van der Waals surface area contributed by atoms with Crippen LogP contribution >= 0.6 is 23.2 Å². The summed E-state index contributed by atoms with van der Waals surface area (Å²) in [6.07, 6.45) is -4.46. The number of fused-ring (bicyclic) bond motifs is 5. The molecule has 2 aliphatic heterocycles. The first-order valence-electron chi connectivity index (χ1n) is 7.73. The molecule has 1 saturated carbocycles. The SMILES string of the molecule is N#Cc1cccc(N2C(=O)C3C4CC(C(Cl)C4Cl)N3C2=O)c1C(F)(F)F. The third kappa shape index (κ3) is 2.10. The average molecular weight is 404 g/mol. The molecule has 2 bridgehead atoms. The van der Waals surface area contributed by atoms with E-state index in [0.29, 0.717) is 11.3 Å². The summed E-state index contributed by atoms with van der Waals surface area (Å²) in [5.41, 5.74) is -2.60. The van der Waals surface area contributed by atoms with Gasteiger partial charge < -0.3 is 4.90 Å². The maximum Gasteiger partial charge on any atom is 0.419 e. The van der Waals surface area contributed by atoms with Gasteiger partial charge in [-0.15, -0.1) is 23.2 Å². The molecule has 2 heterocycles. The molecule has 5 atom stereocenters. The molecule has 3 aliphatic rings. The maximum absolute atomic E-state index is 13.5. The molecule has 4 rings (SSSR count). The lowest BCUT2D eigenvalue weighted by Gasteiger charge is -2.32. The number of nitrogens with zero attached hydrogens (tertiary/aromatic N) is 3. The van der Waals surface area contributed by atoms with E-state index in [2.05, 4.69) is 0 Å². The lowest BCUT2D eigenvalue weighted by molar-refractivity contribution is -0.137. The largest absolute Gasteiger partial charge is 0.419 e. The van der Waals surface area contributed by atoms with Crippen molar-refractivity contribution in [2.24, 2.45) is 5.92 Å². The summed E-state index contributed by atoms with van der Waals surface area (Å²) in [5.74, 6) is -1.17. The fraction of sp³-hybridized carbons (Fsp3) is 0.438. The number of halogens is 5. The Labute approximate surface area is 155 Å². The lowest BCUT2D eigenvalue weighted by atomic mass is 9.98. The predicted octanol–water partition coefficient (Wildman–Crippen LogP) is 3.33. The normalized spacial score (nSPS) is 33.0. The van der Waals surface area contributed by atoms with Gasteiger partial charge in [0.1, 0.15) is 6.04 Å². The van der Waals surface area contributed by atoms with Crippen molar-refractivity contribution >= 4 is 40.8 Å². The average Bonchev–Trinajstić information content (AvgIpc) is 3.18. The summed E-state index contributed by atoms with van der Waals surface area (Å²) < 4.78 is 40.6. The van der Waals surface area contributed by atoms with Crippen molar-refractivity contribution in [3.63, 3.8) is 0 Å². The summed E-state index contributed by atoms with van der Waals surface area (Å²) in [7, 11) is 0. The summed E-state index contributed by atoms with van der Waals surface area (Å²) in [6, 6.07) is 2.40. The Morgan fingerprint density at radius 3 is 2.50 bits per heavy atom. The standard InChI is InChI=1S/C16H10Cl2F3N3O2/c17-11-7-4-9(12(11)18)23-13(7)14(25)24(15(23)26)8-3-1-2-6(5-22)10(8)16(19,20)21/h1-3,7,9,11-13H,4H2. The smallest absolute Gasteiger partial charge is 0.307 e. The molecule has 0 spiro atoms. The van der Waals surface area contributed by atoms with Crippen molar-refractivity contribution in [1.29, 1.82) is 5.26 Å². The molecule has 5 nitrogen and oxygen atoms in total. The summed E-state index contributed by atoms with van der Waals surface area (Å²) in [5, 5.41) is 7.92. The van der Waals surface area contributed by atoms with Gasteiger partial charge in [0.05, 0.1) is 39.7 Å². The van der Waals surface area contributed by atoms with Crippen LogP contribution in [0.3, 0.4) is 0 Å². The van der Waals surface area contributed by atoms with Gasteiger partial charge in [-0.05, 0) is 18.6 Å². The number of hydrogen-bond acceptors (Lipinski definition) is 3. The van der Waals surface area contributed by atoms with E-state index in [1.165, 1.54) is 17.0 Å². The molecular formula is C16H10Cl2F3N3O2. The van der Waals surface area contributed by atoms with Crippen LogP contribution in [0.4, 0.5) is 23.7 Å². The van der Waals surface area contributed by atoms with E-state index >= 15 is 0 Å². The Hall–Kier alpha value is -1.98. The number of nitriles is 1. The molecule has 1 aromatic carbocycles. The van der Waals surface area contributed by atoms with Gasteiger partial charge in [0.2, 0.25) is 0 Å². The number of urea groups is 1. The minimum absolute atomic E-state index is 0.404. The monoisotopic (exact) mass is 403 g/mol. The van der Waals surface area contributed by atoms with Gasteiger partial charge in [-0.1, -0.05) is 6.07 Å². The first-order valence-corrected chi connectivity index (χ1v) is 8.60. The zero-order valence-corrected chi connectivity index (χ0v) is 14.4. The first kappa shape index (κ1) is 17.4. The number of anilines is 1. The van der Waals surface area contributed by atoms with Crippen molar-refractivity contribution in [2.45, 2.75) is 35.4 Å². The fourth-order valence-electron chi connectivity index (χ4n) is 4.21. The number of amides is 3. The van der Waals surface area contributed by atoms with E-state index < -0.39 is 63.7 Å². The van der Waals surface area contributed by atoms with Crippen LogP contribution in [0.2, 0.25) is 0 Å². The highest BCUT2D eigenvalue weighted by atomic mass is 35.5. The Kier molecular flexibility index (Phi) is 3.69. The molecule has 0 N–H and O–H groups in total. The zero-order valence-electron chi connectivity index (χ0n) is 12.9. The van der Waals surface area contributed by atoms with Crippen LogP contribution < -0.4 is 4.90 Å². The van der Waals surface area contributed by atoms with Gasteiger partial charge in [0, 0.05) is 5.92 Å². The number of carbonyl (C=O) groups is 2. The molecule has 10 heteroatoms. The molecule has 136 valence electrons. The van der Waals surface area contributed by atoms with E-state index in [1.807, 2.05) is 0 Å². The number of hydrogen-bond donors (Lipinski definition) is 0. The first-order chi connectivity index (χ1) is 12.2. The molecule has 26 heavy (non-hydrogen) atoms. The Morgan fingerprint density at radius 1 is 1.19 bits per heavy atom. The highest BCUT2D eigenvalue weighted by Crippen LogP contribution is 2.52. The number of carbonyl (C=O) groups excluding carboxylic acids is 2. The molecule has 1 aliphatic carbocycles. The van der Waals surface area contributed by atoms with Gasteiger partial charge in [-0.2, -0.15) is 18.4 Å². The second kappa shape index (κ2) is 5.51. The van der Waals surface area contributed by atoms with Gasteiger partial charge in [0.15, 0.2) is 0 Å². The van der Waals surface area contributed by atoms with Crippen molar-refractivity contribution in [1.82, 2.24) is 4.90 Å². The van der Waals surface area contributed by atoms with E-state index in [-0.39, 0.29) is 0 Å². The van der Waals surface area contributed by atoms with E-state index in [0.717, 1.165) is 12.1 Å². The zero-order chi connectivity index (χ0) is 19.0. The van der Waals surface area contributed by atoms with E-state index in [1.54, 1.807) is 0 Å². The van der Waals surface area contributed by atoms with Crippen LogP contribution in [-0.4, -0.2) is 39.7 Å². The van der Waals surface area contributed by atoms with Crippen LogP contribution in [0, 0.1) is 17.2 Å². The van der Waals surface area contributed by atoms with Gasteiger partial charge in [-0.3, -0.25) is 4.79 Å². The summed E-state index contributed by atoms with van der Waals surface area (Å²) in [4.78, 5) is 27.4. The van der Waals surface area contributed by atoms with Crippen LogP contribution in [0.25, 0.3) is 0 Å². The molecule has 3 amide bonds. The Balaban J connectivity index is 1.84. The number of piperidine rings is 1. The minimum atomic E-state index is -4.90. The maximum atomic E-state index is 13.5. The second-order valence-corrected chi connectivity index (χ2v) is 7.48. The quantitative estimate of drug-likeness (QED) is 0.533. The minimum Gasteiger partial charge on any atom is -0.307 e. The molecule has 0 radical (unpaired) electrons. The van der Waals surface area contributed by atoms with Crippen LogP contribution in [0.5, 0.6) is 0 Å². The van der Waals surface area contributed by atoms with Crippen molar-refractivity contribution < 1.29 is 22.8 Å². The van der Waals surface area contributed by atoms with Crippen LogP contribution in [-0.2, 0) is 11.0 Å². The highest BCUT2D eigenvalue weighted by Gasteiger charge is 2.65. The summed E-state index contributed by atoms with van der Waals surface area (Å²) in [6.45, 7) is 0. The second-order valence-electron chi connectivity index (χ2n) is 6.47. The van der Waals surface area contributed by atoms with Crippen molar-refractivity contribution in [2.75, 3.05) is 4.90 Å². The number of rotatable bonds is 1.